The maximum absolute atomic E-state index is 12.2. The van der Waals surface area contributed by atoms with Gasteiger partial charge in [-0.05, 0) is 30.6 Å². The second-order valence-electron chi connectivity index (χ2n) is 3.79. The van der Waals surface area contributed by atoms with Crippen LogP contribution in [0.25, 0.3) is 0 Å². The van der Waals surface area contributed by atoms with Gasteiger partial charge in [0.05, 0.1) is 6.67 Å². The molecule has 0 amide bonds. The van der Waals surface area contributed by atoms with E-state index in [2.05, 4.69) is 13.8 Å². The van der Waals surface area contributed by atoms with Crippen molar-refractivity contribution in [1.82, 2.24) is 0 Å². The van der Waals surface area contributed by atoms with E-state index in [1.165, 1.54) is 6.42 Å². The van der Waals surface area contributed by atoms with E-state index in [9.17, 15) is 4.39 Å². The van der Waals surface area contributed by atoms with Crippen LogP contribution in [-0.2, 0) is 0 Å². The van der Waals surface area contributed by atoms with Crippen molar-refractivity contribution in [3.05, 3.63) is 0 Å². The van der Waals surface area contributed by atoms with E-state index in [0.717, 1.165) is 24.7 Å². The van der Waals surface area contributed by atoms with E-state index in [-0.39, 0.29) is 6.67 Å². The second kappa shape index (κ2) is 3.36. The summed E-state index contributed by atoms with van der Waals surface area (Å²) in [4.78, 5) is 0. The first-order valence-electron chi connectivity index (χ1n) is 4.30. The quantitative estimate of drug-likeness (QED) is 0.530. The summed E-state index contributed by atoms with van der Waals surface area (Å²) in [5.41, 5.74) is 0. The van der Waals surface area contributed by atoms with Crippen molar-refractivity contribution in [1.29, 1.82) is 0 Å². The predicted molar refractivity (Wildman–Crippen MR) is 41.6 cm³/mol. The lowest BCUT2D eigenvalue weighted by molar-refractivity contribution is 0.180. The predicted octanol–water partition coefficient (Wildman–Crippen LogP) is 3.03. The van der Waals surface area contributed by atoms with Crippen molar-refractivity contribution in [2.45, 2.75) is 33.1 Å². The third-order valence-corrected chi connectivity index (χ3v) is 2.92. The van der Waals surface area contributed by atoms with Gasteiger partial charge in [0.25, 0.3) is 0 Å². The SMILES string of the molecule is CC1CCC(CF)CC1C. The van der Waals surface area contributed by atoms with E-state index in [4.69, 9.17) is 0 Å². The van der Waals surface area contributed by atoms with Crippen LogP contribution in [0.1, 0.15) is 33.1 Å². The minimum atomic E-state index is -0.100. The molecule has 0 radical (unpaired) electrons. The Bertz CT molecular complexity index is 101. The summed E-state index contributed by atoms with van der Waals surface area (Å²) in [5, 5.41) is 0. The molecule has 0 aromatic heterocycles. The first-order chi connectivity index (χ1) is 4.74. The number of rotatable bonds is 1. The van der Waals surface area contributed by atoms with Gasteiger partial charge in [0.1, 0.15) is 0 Å². The molecular weight excluding hydrogens is 127 g/mol. The maximum Gasteiger partial charge on any atom is 0.0922 e. The van der Waals surface area contributed by atoms with Gasteiger partial charge in [0.2, 0.25) is 0 Å². The average molecular weight is 144 g/mol. The highest BCUT2D eigenvalue weighted by Gasteiger charge is 2.23. The molecule has 0 nitrogen and oxygen atoms in total. The normalized spacial score (nSPS) is 41.7. The van der Waals surface area contributed by atoms with Gasteiger partial charge in [-0.15, -0.1) is 0 Å². The van der Waals surface area contributed by atoms with Crippen molar-refractivity contribution in [3.8, 4) is 0 Å². The van der Waals surface area contributed by atoms with Gasteiger partial charge in [-0.2, -0.15) is 0 Å². The third kappa shape index (κ3) is 1.71. The van der Waals surface area contributed by atoms with Crippen LogP contribution in [0.3, 0.4) is 0 Å². The van der Waals surface area contributed by atoms with Gasteiger partial charge in [-0.3, -0.25) is 4.39 Å². The monoisotopic (exact) mass is 144 g/mol. The van der Waals surface area contributed by atoms with Crippen LogP contribution in [0.4, 0.5) is 4.39 Å². The third-order valence-electron chi connectivity index (χ3n) is 2.92. The molecule has 1 rings (SSSR count). The van der Waals surface area contributed by atoms with Crippen LogP contribution in [-0.4, -0.2) is 6.67 Å². The second-order valence-corrected chi connectivity index (χ2v) is 3.79. The Hall–Kier alpha value is -0.0700. The molecule has 1 fully saturated rings. The lowest BCUT2D eigenvalue weighted by Crippen LogP contribution is -2.21. The Labute approximate surface area is 62.8 Å². The van der Waals surface area contributed by atoms with Gasteiger partial charge in [-0.25, -0.2) is 0 Å². The molecule has 0 N–H and O–H groups in total. The van der Waals surface area contributed by atoms with Crippen molar-refractivity contribution in [2.75, 3.05) is 6.67 Å². The summed E-state index contributed by atoms with van der Waals surface area (Å²) < 4.78 is 12.2. The number of halogens is 1. The Morgan fingerprint density at radius 2 is 1.90 bits per heavy atom. The molecule has 0 aromatic carbocycles. The molecule has 3 atom stereocenters. The van der Waals surface area contributed by atoms with Crippen molar-refractivity contribution in [2.24, 2.45) is 17.8 Å². The van der Waals surface area contributed by atoms with Crippen LogP contribution in [0.15, 0.2) is 0 Å². The van der Waals surface area contributed by atoms with Gasteiger partial charge in [0.15, 0.2) is 0 Å². The number of alkyl halides is 1. The van der Waals surface area contributed by atoms with E-state index < -0.39 is 0 Å². The van der Waals surface area contributed by atoms with Gasteiger partial charge in [0, 0.05) is 0 Å². The van der Waals surface area contributed by atoms with Crippen molar-refractivity contribution in [3.63, 3.8) is 0 Å². The van der Waals surface area contributed by atoms with Gasteiger partial charge in [-0.1, -0.05) is 20.3 Å². The molecule has 0 aromatic rings. The molecule has 1 heteroatoms. The highest BCUT2D eigenvalue weighted by atomic mass is 19.1. The summed E-state index contributed by atoms with van der Waals surface area (Å²) in [5.74, 6) is 1.95. The highest BCUT2D eigenvalue weighted by molar-refractivity contribution is 4.74. The Balaban J connectivity index is 2.33. The number of hydrogen-bond acceptors (Lipinski definition) is 0. The molecule has 1 aliphatic rings. The standard InChI is InChI=1S/C9H17F/c1-7-3-4-9(6-10)5-8(7)2/h7-9H,3-6H2,1-2H3. The van der Waals surface area contributed by atoms with E-state index in [1.54, 1.807) is 0 Å². The molecule has 60 valence electrons. The first-order valence-corrected chi connectivity index (χ1v) is 4.30. The maximum atomic E-state index is 12.2. The molecule has 10 heavy (non-hydrogen) atoms. The zero-order chi connectivity index (χ0) is 7.56. The van der Waals surface area contributed by atoms with E-state index in [1.807, 2.05) is 0 Å². The van der Waals surface area contributed by atoms with Crippen LogP contribution in [0, 0.1) is 17.8 Å². The first kappa shape index (κ1) is 8.03. The summed E-state index contributed by atoms with van der Waals surface area (Å²) in [7, 11) is 0. The fraction of sp³-hybridized carbons (Fsp3) is 1.00. The lowest BCUT2D eigenvalue weighted by atomic mass is 9.76. The highest BCUT2D eigenvalue weighted by Crippen LogP contribution is 2.33. The molecule has 1 saturated carbocycles. The Morgan fingerprint density at radius 1 is 1.20 bits per heavy atom. The summed E-state index contributed by atoms with van der Waals surface area (Å²) in [6.07, 6.45) is 3.45. The smallest absolute Gasteiger partial charge is 0.0922 e. The Kier molecular flexibility index (Phi) is 2.70. The molecule has 0 saturated heterocycles. The Morgan fingerprint density at radius 3 is 2.40 bits per heavy atom. The zero-order valence-electron chi connectivity index (χ0n) is 6.94. The largest absolute Gasteiger partial charge is 0.251 e. The van der Waals surface area contributed by atoms with Gasteiger partial charge < -0.3 is 0 Å². The fourth-order valence-corrected chi connectivity index (χ4v) is 1.80. The van der Waals surface area contributed by atoms with Crippen LogP contribution in [0.5, 0.6) is 0 Å². The number of hydrogen-bond donors (Lipinski definition) is 0. The molecule has 1 aliphatic carbocycles. The lowest BCUT2D eigenvalue weighted by Gasteiger charge is -2.30. The van der Waals surface area contributed by atoms with E-state index in [0.29, 0.717) is 5.92 Å². The molecule has 0 heterocycles. The molecule has 0 bridgehead atoms. The summed E-state index contributed by atoms with van der Waals surface area (Å²) in [6, 6.07) is 0. The van der Waals surface area contributed by atoms with Crippen LogP contribution < -0.4 is 0 Å². The molecule has 0 spiro atoms. The fourth-order valence-electron chi connectivity index (χ4n) is 1.80. The van der Waals surface area contributed by atoms with Crippen molar-refractivity contribution < 1.29 is 4.39 Å². The summed E-state index contributed by atoms with van der Waals surface area (Å²) in [6.45, 7) is 4.42. The minimum absolute atomic E-state index is 0.100. The molecular formula is C9H17F. The van der Waals surface area contributed by atoms with E-state index >= 15 is 0 Å². The van der Waals surface area contributed by atoms with Crippen LogP contribution >= 0.6 is 0 Å². The summed E-state index contributed by atoms with van der Waals surface area (Å²) >= 11 is 0. The minimum Gasteiger partial charge on any atom is -0.251 e. The molecule has 3 unspecified atom stereocenters. The van der Waals surface area contributed by atoms with Crippen LogP contribution in [0.2, 0.25) is 0 Å². The van der Waals surface area contributed by atoms with Gasteiger partial charge >= 0.3 is 0 Å². The zero-order valence-corrected chi connectivity index (χ0v) is 6.94. The topological polar surface area (TPSA) is 0 Å². The van der Waals surface area contributed by atoms with Crippen molar-refractivity contribution >= 4 is 0 Å². The molecule has 0 aliphatic heterocycles. The average Bonchev–Trinajstić information content (AvgIpc) is 1.95.